The maximum Gasteiger partial charge on any atom is 0.0686 e. The van der Waals surface area contributed by atoms with Crippen LogP contribution in [0.2, 0.25) is 0 Å². The summed E-state index contributed by atoms with van der Waals surface area (Å²) in [4.78, 5) is 0. The fourth-order valence-corrected chi connectivity index (χ4v) is 5.07. The summed E-state index contributed by atoms with van der Waals surface area (Å²) >= 11 is 0. The fourth-order valence-electron chi connectivity index (χ4n) is 5.07. The normalized spacial score (nSPS) is 32.3. The number of aliphatic hydroxyl groups is 1. The maximum atomic E-state index is 11.2. The Kier molecular flexibility index (Phi) is 3.36. The third-order valence-corrected chi connectivity index (χ3v) is 4.89. The van der Waals surface area contributed by atoms with Crippen LogP contribution in [-0.4, -0.2) is 10.7 Å². The number of hydrogen-bond donors (Lipinski definition) is 1. The molecule has 2 aliphatic rings. The summed E-state index contributed by atoms with van der Waals surface area (Å²) in [6.45, 7) is 9.34. The van der Waals surface area contributed by atoms with Crippen molar-refractivity contribution in [2.75, 3.05) is 0 Å². The lowest BCUT2D eigenvalue weighted by Gasteiger charge is -2.53. The smallest absolute Gasteiger partial charge is 0.0686 e. The minimum Gasteiger partial charge on any atom is -0.390 e. The zero-order valence-electron chi connectivity index (χ0n) is 12.2. The Balaban J connectivity index is 2.17. The van der Waals surface area contributed by atoms with Crippen molar-refractivity contribution in [1.82, 2.24) is 0 Å². The van der Waals surface area contributed by atoms with Gasteiger partial charge in [0.2, 0.25) is 0 Å². The van der Waals surface area contributed by atoms with Crippen LogP contribution in [0.5, 0.6) is 0 Å². The van der Waals surface area contributed by atoms with Gasteiger partial charge in [-0.2, -0.15) is 0 Å². The van der Waals surface area contributed by atoms with Gasteiger partial charge in [0.15, 0.2) is 0 Å². The van der Waals surface area contributed by atoms with Crippen LogP contribution in [0, 0.1) is 16.7 Å². The zero-order valence-corrected chi connectivity index (χ0v) is 12.2. The Morgan fingerprint density at radius 3 is 1.71 bits per heavy atom. The second-order valence-electron chi connectivity index (χ2n) is 8.30. The van der Waals surface area contributed by atoms with Gasteiger partial charge in [0, 0.05) is 0 Å². The molecule has 1 heteroatoms. The van der Waals surface area contributed by atoms with E-state index in [-0.39, 0.29) is 5.60 Å². The molecular weight excluding hydrogens is 208 g/mol. The van der Waals surface area contributed by atoms with Gasteiger partial charge in [-0.1, -0.05) is 47.0 Å². The lowest BCUT2D eigenvalue weighted by Crippen LogP contribution is -2.51. The highest BCUT2D eigenvalue weighted by molar-refractivity contribution is 5.01. The van der Waals surface area contributed by atoms with Crippen molar-refractivity contribution >= 4 is 0 Å². The van der Waals surface area contributed by atoms with Gasteiger partial charge < -0.3 is 5.11 Å². The summed E-state index contributed by atoms with van der Waals surface area (Å²) in [7, 11) is 0. The van der Waals surface area contributed by atoms with Crippen molar-refractivity contribution in [3.8, 4) is 0 Å². The molecule has 0 aliphatic heterocycles. The molecule has 2 saturated carbocycles. The molecule has 2 aliphatic carbocycles. The lowest BCUT2D eigenvalue weighted by atomic mass is 9.55. The first-order valence-electron chi connectivity index (χ1n) is 7.45. The first-order valence-corrected chi connectivity index (χ1v) is 7.45. The molecule has 0 bridgehead atoms. The van der Waals surface area contributed by atoms with Crippen LogP contribution in [-0.2, 0) is 0 Å². The Morgan fingerprint density at radius 2 is 1.24 bits per heavy atom. The first kappa shape index (κ1) is 13.4. The summed E-state index contributed by atoms with van der Waals surface area (Å²) in [6, 6.07) is 0. The highest BCUT2D eigenvalue weighted by Gasteiger charge is 2.49. The molecule has 100 valence electrons. The molecule has 1 N–H and O–H groups in total. The van der Waals surface area contributed by atoms with E-state index in [1.165, 1.54) is 38.5 Å². The Bertz CT molecular complexity index is 255. The maximum absolute atomic E-state index is 11.2. The summed E-state index contributed by atoms with van der Waals surface area (Å²) in [5.41, 5.74) is 0.216. The molecular formula is C16H30O. The van der Waals surface area contributed by atoms with Crippen molar-refractivity contribution in [2.45, 2.75) is 84.7 Å². The minimum absolute atomic E-state index is 0.300. The largest absolute Gasteiger partial charge is 0.390 e. The molecule has 0 amide bonds. The SMILES string of the molecule is CC1(C)CC(C)(C)CC(O)(C2CCCCC2)C1. The quantitative estimate of drug-likeness (QED) is 0.711. The molecule has 0 aromatic heterocycles. The van der Waals surface area contributed by atoms with Crippen LogP contribution in [0.25, 0.3) is 0 Å². The number of hydrogen-bond acceptors (Lipinski definition) is 1. The molecule has 2 rings (SSSR count). The van der Waals surface area contributed by atoms with Gasteiger partial charge in [0.25, 0.3) is 0 Å². The van der Waals surface area contributed by atoms with E-state index in [0.29, 0.717) is 16.7 Å². The first-order chi connectivity index (χ1) is 7.73. The van der Waals surface area contributed by atoms with Crippen molar-refractivity contribution in [2.24, 2.45) is 16.7 Å². The third kappa shape index (κ3) is 3.05. The molecule has 0 heterocycles. The predicted octanol–water partition coefficient (Wildman–Crippen LogP) is 4.53. The molecule has 0 spiro atoms. The third-order valence-electron chi connectivity index (χ3n) is 4.89. The summed E-state index contributed by atoms with van der Waals surface area (Å²) in [6.07, 6.45) is 9.80. The van der Waals surface area contributed by atoms with Crippen LogP contribution >= 0.6 is 0 Å². The van der Waals surface area contributed by atoms with Gasteiger partial charge >= 0.3 is 0 Å². The second-order valence-corrected chi connectivity index (χ2v) is 8.30. The summed E-state index contributed by atoms with van der Waals surface area (Å²) in [5, 5.41) is 11.2. The molecule has 0 saturated heterocycles. The monoisotopic (exact) mass is 238 g/mol. The molecule has 0 radical (unpaired) electrons. The Labute approximate surface area is 107 Å². The molecule has 1 nitrogen and oxygen atoms in total. The van der Waals surface area contributed by atoms with E-state index >= 15 is 0 Å². The van der Waals surface area contributed by atoms with E-state index in [0.717, 1.165) is 12.8 Å². The highest BCUT2D eigenvalue weighted by atomic mass is 16.3. The Morgan fingerprint density at radius 1 is 0.765 bits per heavy atom. The molecule has 0 atom stereocenters. The molecule has 0 unspecified atom stereocenters. The molecule has 0 aromatic rings. The fraction of sp³-hybridized carbons (Fsp3) is 1.00. The molecule has 2 fully saturated rings. The van der Waals surface area contributed by atoms with Gasteiger partial charge in [-0.25, -0.2) is 0 Å². The van der Waals surface area contributed by atoms with Crippen LogP contribution in [0.3, 0.4) is 0 Å². The summed E-state index contributed by atoms with van der Waals surface area (Å²) < 4.78 is 0. The van der Waals surface area contributed by atoms with Gasteiger partial charge in [0.05, 0.1) is 5.60 Å². The van der Waals surface area contributed by atoms with Gasteiger partial charge in [-0.3, -0.25) is 0 Å². The lowest BCUT2D eigenvalue weighted by molar-refractivity contribution is -0.129. The van der Waals surface area contributed by atoms with Crippen LogP contribution in [0.15, 0.2) is 0 Å². The van der Waals surface area contributed by atoms with Gasteiger partial charge in [-0.15, -0.1) is 0 Å². The molecule has 17 heavy (non-hydrogen) atoms. The Hall–Kier alpha value is -0.0400. The van der Waals surface area contributed by atoms with Crippen LogP contribution < -0.4 is 0 Å². The average Bonchev–Trinajstić information content (AvgIpc) is 2.13. The van der Waals surface area contributed by atoms with E-state index in [1.54, 1.807) is 0 Å². The van der Waals surface area contributed by atoms with Crippen molar-refractivity contribution in [3.63, 3.8) is 0 Å². The van der Waals surface area contributed by atoms with Gasteiger partial charge in [-0.05, 0) is 48.9 Å². The zero-order chi connectivity index (χ0) is 12.7. The van der Waals surface area contributed by atoms with Crippen LogP contribution in [0.4, 0.5) is 0 Å². The predicted molar refractivity (Wildman–Crippen MR) is 72.9 cm³/mol. The van der Waals surface area contributed by atoms with E-state index < -0.39 is 0 Å². The van der Waals surface area contributed by atoms with Crippen molar-refractivity contribution in [3.05, 3.63) is 0 Å². The summed E-state index contributed by atoms with van der Waals surface area (Å²) in [5.74, 6) is 0.565. The second kappa shape index (κ2) is 4.26. The van der Waals surface area contributed by atoms with Crippen molar-refractivity contribution in [1.29, 1.82) is 0 Å². The van der Waals surface area contributed by atoms with E-state index in [1.807, 2.05) is 0 Å². The van der Waals surface area contributed by atoms with Gasteiger partial charge in [0.1, 0.15) is 0 Å². The standard InChI is InChI=1S/C16H30O/c1-14(2)10-15(3,4)12-16(17,11-14)13-8-6-5-7-9-13/h13,17H,5-12H2,1-4H3. The van der Waals surface area contributed by atoms with Crippen molar-refractivity contribution < 1.29 is 5.11 Å². The van der Waals surface area contributed by atoms with E-state index in [2.05, 4.69) is 27.7 Å². The minimum atomic E-state index is -0.383. The molecule has 0 aromatic carbocycles. The number of rotatable bonds is 1. The topological polar surface area (TPSA) is 20.2 Å². The van der Waals surface area contributed by atoms with E-state index in [9.17, 15) is 5.11 Å². The van der Waals surface area contributed by atoms with E-state index in [4.69, 9.17) is 0 Å². The highest BCUT2D eigenvalue weighted by Crippen LogP contribution is 2.54. The van der Waals surface area contributed by atoms with Crippen LogP contribution in [0.1, 0.15) is 79.1 Å². The average molecular weight is 238 g/mol.